The van der Waals surface area contributed by atoms with Gasteiger partial charge >= 0.3 is 5.97 Å². The van der Waals surface area contributed by atoms with Gasteiger partial charge in [-0.1, -0.05) is 24.3 Å². The molecule has 1 saturated heterocycles. The van der Waals surface area contributed by atoms with Crippen LogP contribution in [0.1, 0.15) is 37.8 Å². The predicted molar refractivity (Wildman–Crippen MR) is 125 cm³/mol. The number of halogens is 1. The second kappa shape index (κ2) is 13.0. The molecule has 0 bridgehead atoms. The van der Waals surface area contributed by atoms with E-state index in [4.69, 9.17) is 9.73 Å². The molecule has 0 aliphatic carbocycles. The molecular formula is C21H35IN4O2. The third-order valence-electron chi connectivity index (χ3n) is 4.75. The maximum Gasteiger partial charge on any atom is 0.309 e. The molecular weight excluding hydrogens is 467 g/mol. The highest BCUT2D eigenvalue weighted by Crippen LogP contribution is 2.19. The Hall–Kier alpha value is -1.35. The molecule has 6 nitrogen and oxygen atoms in total. The topological polar surface area (TPSA) is 57.2 Å². The fourth-order valence-corrected chi connectivity index (χ4v) is 3.38. The molecule has 7 heteroatoms. The largest absolute Gasteiger partial charge is 0.466 e. The van der Waals surface area contributed by atoms with Crippen molar-refractivity contribution < 1.29 is 9.53 Å². The molecule has 0 radical (unpaired) electrons. The Morgan fingerprint density at radius 1 is 1.21 bits per heavy atom. The van der Waals surface area contributed by atoms with Crippen molar-refractivity contribution in [3.05, 3.63) is 35.4 Å². The number of carbonyl (C=O) groups excluding carboxylic acids is 1. The van der Waals surface area contributed by atoms with Gasteiger partial charge in [-0.05, 0) is 51.9 Å². The second-order valence-electron chi connectivity index (χ2n) is 7.19. The van der Waals surface area contributed by atoms with Crippen LogP contribution in [0.5, 0.6) is 0 Å². The lowest BCUT2D eigenvalue weighted by molar-refractivity contribution is -0.149. The number of likely N-dealkylation sites (tertiary alicyclic amines) is 1. The smallest absolute Gasteiger partial charge is 0.309 e. The third kappa shape index (κ3) is 7.58. The fraction of sp³-hybridized carbons (Fsp3) is 0.619. The molecule has 1 heterocycles. The van der Waals surface area contributed by atoms with Gasteiger partial charge in [0.15, 0.2) is 5.96 Å². The van der Waals surface area contributed by atoms with Crippen LogP contribution < -0.4 is 5.32 Å². The van der Waals surface area contributed by atoms with Crippen molar-refractivity contribution >= 4 is 35.9 Å². The Bertz CT molecular complexity index is 629. The molecule has 0 aromatic heterocycles. The van der Waals surface area contributed by atoms with Crippen LogP contribution in [0, 0.1) is 5.92 Å². The minimum atomic E-state index is -0.0586. The van der Waals surface area contributed by atoms with Crippen molar-refractivity contribution in [1.29, 1.82) is 0 Å². The zero-order valence-electron chi connectivity index (χ0n) is 17.6. The van der Waals surface area contributed by atoms with Gasteiger partial charge in [-0.25, -0.2) is 4.99 Å². The van der Waals surface area contributed by atoms with Crippen LogP contribution in [0.25, 0.3) is 0 Å². The van der Waals surface area contributed by atoms with Crippen LogP contribution in [0.15, 0.2) is 29.3 Å². The molecule has 0 spiro atoms. The van der Waals surface area contributed by atoms with Crippen molar-refractivity contribution in [3.63, 3.8) is 0 Å². The number of hydrogen-bond acceptors (Lipinski definition) is 4. The number of hydrogen-bond donors (Lipinski definition) is 1. The molecule has 0 unspecified atom stereocenters. The Kier molecular flexibility index (Phi) is 11.4. The normalized spacial score (nSPS) is 15.3. The van der Waals surface area contributed by atoms with Gasteiger partial charge in [0.05, 0.1) is 19.1 Å². The number of rotatable bonds is 7. The maximum absolute atomic E-state index is 11.9. The lowest BCUT2D eigenvalue weighted by atomic mass is 9.97. The number of esters is 1. The average Bonchev–Trinajstić information content (AvgIpc) is 2.66. The number of benzene rings is 1. The van der Waals surface area contributed by atoms with E-state index in [2.05, 4.69) is 60.4 Å². The van der Waals surface area contributed by atoms with Gasteiger partial charge in [0.2, 0.25) is 0 Å². The van der Waals surface area contributed by atoms with E-state index in [9.17, 15) is 4.79 Å². The van der Waals surface area contributed by atoms with E-state index < -0.39 is 0 Å². The van der Waals surface area contributed by atoms with Crippen molar-refractivity contribution in [2.45, 2.75) is 39.8 Å². The predicted octanol–water partition coefficient (Wildman–Crippen LogP) is 3.11. The SMILES string of the molecule is CCNC(=NCc1ccccc1CN(C)C)N1CCC(C(=O)OCC)CC1.I. The van der Waals surface area contributed by atoms with Crippen molar-refractivity contribution in [1.82, 2.24) is 15.1 Å². The summed E-state index contributed by atoms with van der Waals surface area (Å²) in [5.74, 6) is 0.890. The van der Waals surface area contributed by atoms with E-state index in [-0.39, 0.29) is 35.9 Å². The van der Waals surface area contributed by atoms with Crippen LogP contribution in [-0.4, -0.2) is 62.1 Å². The molecule has 28 heavy (non-hydrogen) atoms. The quantitative estimate of drug-likeness (QED) is 0.269. The first-order chi connectivity index (χ1) is 13.0. The molecule has 1 aromatic rings. The molecule has 1 aromatic carbocycles. The summed E-state index contributed by atoms with van der Waals surface area (Å²) in [7, 11) is 4.16. The number of nitrogens with one attached hydrogen (secondary N) is 1. The minimum Gasteiger partial charge on any atom is -0.466 e. The van der Waals surface area contributed by atoms with E-state index in [1.165, 1.54) is 11.1 Å². The van der Waals surface area contributed by atoms with Gasteiger partial charge in [0.1, 0.15) is 0 Å². The van der Waals surface area contributed by atoms with Gasteiger partial charge in [-0.15, -0.1) is 24.0 Å². The summed E-state index contributed by atoms with van der Waals surface area (Å²) in [6.07, 6.45) is 1.64. The monoisotopic (exact) mass is 502 g/mol. The Morgan fingerprint density at radius 3 is 2.43 bits per heavy atom. The summed E-state index contributed by atoms with van der Waals surface area (Å²) in [5.41, 5.74) is 2.56. The lowest BCUT2D eigenvalue weighted by Crippen LogP contribution is -2.46. The van der Waals surface area contributed by atoms with Crippen LogP contribution in [0.4, 0.5) is 0 Å². The van der Waals surface area contributed by atoms with E-state index in [0.29, 0.717) is 13.2 Å². The minimum absolute atomic E-state index is 0. The number of aliphatic imine (C=N–C) groups is 1. The molecule has 158 valence electrons. The highest BCUT2D eigenvalue weighted by molar-refractivity contribution is 14.0. The summed E-state index contributed by atoms with van der Waals surface area (Å²) in [5, 5.41) is 3.40. The van der Waals surface area contributed by atoms with E-state index in [0.717, 1.165) is 45.0 Å². The summed E-state index contributed by atoms with van der Waals surface area (Å²) in [6, 6.07) is 8.47. The molecule has 1 N–H and O–H groups in total. The van der Waals surface area contributed by atoms with Crippen molar-refractivity contribution in [3.8, 4) is 0 Å². The zero-order valence-corrected chi connectivity index (χ0v) is 19.9. The summed E-state index contributed by atoms with van der Waals surface area (Å²) in [4.78, 5) is 21.3. The van der Waals surface area contributed by atoms with Crippen LogP contribution in [0.3, 0.4) is 0 Å². The van der Waals surface area contributed by atoms with Crippen molar-refractivity contribution in [2.24, 2.45) is 10.9 Å². The van der Waals surface area contributed by atoms with E-state index in [1.54, 1.807) is 0 Å². The first-order valence-corrected chi connectivity index (χ1v) is 9.96. The van der Waals surface area contributed by atoms with Gasteiger partial charge in [0.25, 0.3) is 0 Å². The number of nitrogens with zero attached hydrogens (tertiary/aromatic N) is 3. The molecule has 1 aliphatic heterocycles. The summed E-state index contributed by atoms with van der Waals surface area (Å²) in [6.45, 7) is 8.45. The molecule has 0 saturated carbocycles. The van der Waals surface area contributed by atoms with Gasteiger partial charge < -0.3 is 19.9 Å². The first kappa shape index (κ1) is 24.7. The first-order valence-electron chi connectivity index (χ1n) is 9.96. The van der Waals surface area contributed by atoms with Crippen LogP contribution >= 0.6 is 24.0 Å². The molecule has 0 amide bonds. The van der Waals surface area contributed by atoms with Crippen LogP contribution in [0.2, 0.25) is 0 Å². The lowest BCUT2D eigenvalue weighted by Gasteiger charge is -2.33. The average molecular weight is 502 g/mol. The zero-order chi connectivity index (χ0) is 19.6. The van der Waals surface area contributed by atoms with Gasteiger partial charge in [-0.3, -0.25) is 4.79 Å². The molecule has 2 rings (SSSR count). The highest BCUT2D eigenvalue weighted by atomic mass is 127. The fourth-order valence-electron chi connectivity index (χ4n) is 3.38. The Morgan fingerprint density at radius 2 is 1.86 bits per heavy atom. The van der Waals surface area contributed by atoms with Crippen LogP contribution in [-0.2, 0) is 22.6 Å². The maximum atomic E-state index is 11.9. The second-order valence-corrected chi connectivity index (χ2v) is 7.19. The number of guanidine groups is 1. The van der Waals surface area contributed by atoms with E-state index >= 15 is 0 Å². The Balaban J connectivity index is 0.00000392. The third-order valence-corrected chi connectivity index (χ3v) is 4.75. The summed E-state index contributed by atoms with van der Waals surface area (Å²) < 4.78 is 5.17. The molecule has 1 aliphatic rings. The van der Waals surface area contributed by atoms with E-state index in [1.807, 2.05) is 6.92 Å². The van der Waals surface area contributed by atoms with Gasteiger partial charge in [0, 0.05) is 26.2 Å². The molecule has 0 atom stereocenters. The highest BCUT2D eigenvalue weighted by Gasteiger charge is 2.27. The molecule has 1 fully saturated rings. The van der Waals surface area contributed by atoms with Crippen molar-refractivity contribution in [2.75, 3.05) is 40.3 Å². The number of piperidine rings is 1. The number of carbonyl (C=O) groups is 1. The van der Waals surface area contributed by atoms with Gasteiger partial charge in [-0.2, -0.15) is 0 Å². The Labute approximate surface area is 186 Å². The number of ether oxygens (including phenoxy) is 1. The summed E-state index contributed by atoms with van der Waals surface area (Å²) >= 11 is 0. The standard InChI is InChI=1S/C21H34N4O2.HI/c1-5-22-21(25-13-11-17(12-14-25)20(26)27-6-2)23-15-18-9-7-8-10-19(18)16-24(3)4;/h7-10,17H,5-6,11-16H2,1-4H3,(H,22,23);1H.